The Hall–Kier alpha value is -1.15. The van der Waals surface area contributed by atoms with Crippen LogP contribution in [-0.4, -0.2) is 68.3 Å². The molecule has 0 aromatic heterocycles. The Kier molecular flexibility index (Phi) is 8.13. The zero-order valence-electron chi connectivity index (χ0n) is 18.6. The standard InChI is InChI=1S/C20H32O6Si3/c1-21-28(22-2,23-3)19-13-9-11-17(15-19)27(7,8)18-12-10-14-20(16-18)29(24-4,25-5)26-6/h9-16H,1-8H3. The van der Waals surface area contributed by atoms with E-state index in [1.54, 1.807) is 42.7 Å². The predicted molar refractivity (Wildman–Crippen MR) is 122 cm³/mol. The Morgan fingerprint density at radius 2 is 0.759 bits per heavy atom. The molecule has 0 aliphatic carbocycles. The molecular formula is C20H32O6Si3. The molecule has 0 N–H and O–H groups in total. The molecule has 0 radical (unpaired) electrons. The van der Waals surface area contributed by atoms with Crippen LogP contribution in [0.4, 0.5) is 0 Å². The third kappa shape index (κ3) is 4.48. The van der Waals surface area contributed by atoms with Gasteiger partial charge in [-0.15, -0.1) is 0 Å². The van der Waals surface area contributed by atoms with Gasteiger partial charge in [0.05, 0.1) is 0 Å². The molecule has 29 heavy (non-hydrogen) atoms. The fourth-order valence-corrected chi connectivity index (χ4v) is 9.93. The van der Waals surface area contributed by atoms with Crippen LogP contribution >= 0.6 is 0 Å². The van der Waals surface area contributed by atoms with E-state index in [4.69, 9.17) is 26.6 Å². The van der Waals surface area contributed by atoms with Crippen molar-refractivity contribution in [3.8, 4) is 0 Å². The molecule has 2 rings (SSSR count). The van der Waals surface area contributed by atoms with Crippen LogP contribution in [0.2, 0.25) is 13.1 Å². The monoisotopic (exact) mass is 452 g/mol. The number of hydrogen-bond acceptors (Lipinski definition) is 6. The molecule has 0 heterocycles. The van der Waals surface area contributed by atoms with Crippen LogP contribution < -0.4 is 20.7 Å². The summed E-state index contributed by atoms with van der Waals surface area (Å²) < 4.78 is 34.0. The van der Waals surface area contributed by atoms with E-state index in [0.29, 0.717) is 0 Å². The van der Waals surface area contributed by atoms with Crippen LogP contribution in [0.5, 0.6) is 0 Å². The molecule has 0 atom stereocenters. The van der Waals surface area contributed by atoms with Gasteiger partial charge >= 0.3 is 17.6 Å². The van der Waals surface area contributed by atoms with Crippen molar-refractivity contribution in [3.63, 3.8) is 0 Å². The summed E-state index contributed by atoms with van der Waals surface area (Å²) in [5.41, 5.74) is 0. The van der Waals surface area contributed by atoms with Crippen LogP contribution in [0.1, 0.15) is 0 Å². The average molecular weight is 453 g/mol. The summed E-state index contributed by atoms with van der Waals surface area (Å²) in [5, 5.41) is 4.42. The first kappa shape index (κ1) is 24.1. The second-order valence-corrected chi connectivity index (χ2v) is 17.4. The first-order chi connectivity index (χ1) is 13.8. The first-order valence-corrected chi connectivity index (χ1v) is 15.8. The smallest absolute Gasteiger partial charge is 0.373 e. The molecule has 0 bridgehead atoms. The van der Waals surface area contributed by atoms with Crippen molar-refractivity contribution in [1.29, 1.82) is 0 Å². The van der Waals surface area contributed by atoms with Crippen molar-refractivity contribution in [2.24, 2.45) is 0 Å². The molecule has 0 aliphatic heterocycles. The lowest BCUT2D eigenvalue weighted by atomic mass is 10.3. The number of rotatable bonds is 10. The molecule has 0 fully saturated rings. The van der Waals surface area contributed by atoms with E-state index < -0.39 is 25.7 Å². The Balaban J connectivity index is 2.54. The Labute approximate surface area is 177 Å². The normalized spacial score (nSPS) is 13.0. The first-order valence-electron chi connectivity index (χ1n) is 9.32. The highest BCUT2D eigenvalue weighted by Crippen LogP contribution is 2.11. The van der Waals surface area contributed by atoms with E-state index in [1.165, 1.54) is 10.4 Å². The third-order valence-electron chi connectivity index (χ3n) is 5.49. The number of benzene rings is 2. The van der Waals surface area contributed by atoms with Crippen molar-refractivity contribution < 1.29 is 26.6 Å². The van der Waals surface area contributed by atoms with Crippen LogP contribution in [-0.2, 0) is 26.6 Å². The van der Waals surface area contributed by atoms with E-state index in [1.807, 2.05) is 24.3 Å². The molecule has 9 heteroatoms. The summed E-state index contributed by atoms with van der Waals surface area (Å²) in [6, 6.07) is 16.7. The van der Waals surface area contributed by atoms with E-state index in [-0.39, 0.29) is 0 Å². The van der Waals surface area contributed by atoms with E-state index in [0.717, 1.165) is 10.4 Å². The van der Waals surface area contributed by atoms with Crippen molar-refractivity contribution in [2.45, 2.75) is 13.1 Å². The average Bonchev–Trinajstić information content (AvgIpc) is 2.77. The lowest BCUT2D eigenvalue weighted by Gasteiger charge is -2.30. The molecule has 0 saturated carbocycles. The minimum atomic E-state index is -2.89. The van der Waals surface area contributed by atoms with Gasteiger partial charge in [-0.25, -0.2) is 0 Å². The fourth-order valence-electron chi connectivity index (χ4n) is 3.57. The molecule has 0 aliphatic rings. The summed E-state index contributed by atoms with van der Waals surface area (Å²) in [5.74, 6) is 0. The summed E-state index contributed by atoms with van der Waals surface area (Å²) in [6.45, 7) is 4.63. The van der Waals surface area contributed by atoms with E-state index >= 15 is 0 Å². The predicted octanol–water partition coefficient (Wildman–Crippen LogP) is 0.679. The molecule has 0 spiro atoms. The fraction of sp³-hybridized carbons (Fsp3) is 0.400. The van der Waals surface area contributed by atoms with Crippen LogP contribution in [0.3, 0.4) is 0 Å². The quantitative estimate of drug-likeness (QED) is 0.494. The second kappa shape index (κ2) is 9.77. The molecule has 6 nitrogen and oxygen atoms in total. The maximum absolute atomic E-state index is 5.67. The molecule has 0 saturated heterocycles. The molecular weight excluding hydrogens is 420 g/mol. The SMILES string of the molecule is CO[Si](OC)(OC)c1cccc([Si](C)(C)c2cccc([Si](OC)(OC)OC)c2)c1. The Bertz CT molecular complexity index is 724. The maximum Gasteiger partial charge on any atom is 0.536 e. The van der Waals surface area contributed by atoms with Gasteiger partial charge in [-0.05, 0) is 0 Å². The third-order valence-corrected chi connectivity index (χ3v) is 14.3. The van der Waals surface area contributed by atoms with Gasteiger partial charge in [0, 0.05) is 53.0 Å². The molecule has 0 amide bonds. The highest BCUT2D eigenvalue weighted by molar-refractivity contribution is 7.01. The molecule has 0 unspecified atom stereocenters. The van der Waals surface area contributed by atoms with Gasteiger partial charge < -0.3 is 26.6 Å². The highest BCUT2D eigenvalue weighted by Gasteiger charge is 2.43. The van der Waals surface area contributed by atoms with Gasteiger partial charge in [-0.2, -0.15) is 0 Å². The topological polar surface area (TPSA) is 55.4 Å². The summed E-state index contributed by atoms with van der Waals surface area (Å²) in [4.78, 5) is 0. The molecule has 160 valence electrons. The van der Waals surface area contributed by atoms with Gasteiger partial charge in [-0.3, -0.25) is 0 Å². The zero-order chi connectivity index (χ0) is 21.7. The van der Waals surface area contributed by atoms with Gasteiger partial charge in [0.15, 0.2) is 0 Å². The van der Waals surface area contributed by atoms with Gasteiger partial charge in [0.1, 0.15) is 8.07 Å². The minimum absolute atomic E-state index is 0.952. The molecule has 2 aromatic carbocycles. The maximum atomic E-state index is 5.67. The van der Waals surface area contributed by atoms with Crippen molar-refractivity contribution in [1.82, 2.24) is 0 Å². The summed E-state index contributed by atoms with van der Waals surface area (Å²) in [7, 11) is 1.94. The second-order valence-electron chi connectivity index (χ2n) is 7.12. The van der Waals surface area contributed by atoms with Gasteiger partial charge in [0.25, 0.3) is 0 Å². The number of hydrogen-bond donors (Lipinski definition) is 0. The Morgan fingerprint density at radius 1 is 0.483 bits per heavy atom. The lowest BCUT2D eigenvalue weighted by Crippen LogP contribution is -2.60. The van der Waals surface area contributed by atoms with Crippen LogP contribution in [0, 0.1) is 0 Å². The largest absolute Gasteiger partial charge is 0.536 e. The van der Waals surface area contributed by atoms with Crippen molar-refractivity contribution >= 4 is 46.4 Å². The molecule has 2 aromatic rings. The van der Waals surface area contributed by atoms with E-state index in [9.17, 15) is 0 Å². The summed E-state index contributed by atoms with van der Waals surface area (Å²) in [6.07, 6.45) is 0. The van der Waals surface area contributed by atoms with Crippen LogP contribution in [0.25, 0.3) is 0 Å². The van der Waals surface area contributed by atoms with E-state index in [2.05, 4.69) is 37.4 Å². The lowest BCUT2D eigenvalue weighted by molar-refractivity contribution is 0.140. The van der Waals surface area contributed by atoms with Crippen molar-refractivity contribution in [2.75, 3.05) is 42.7 Å². The van der Waals surface area contributed by atoms with Crippen LogP contribution in [0.15, 0.2) is 48.5 Å². The van der Waals surface area contributed by atoms with Gasteiger partial charge in [-0.1, -0.05) is 72.0 Å². The van der Waals surface area contributed by atoms with Crippen molar-refractivity contribution in [3.05, 3.63) is 48.5 Å². The highest BCUT2D eigenvalue weighted by atomic mass is 28.4. The summed E-state index contributed by atoms with van der Waals surface area (Å²) >= 11 is 0. The minimum Gasteiger partial charge on any atom is -0.373 e. The van der Waals surface area contributed by atoms with Gasteiger partial charge in [0.2, 0.25) is 0 Å². The zero-order valence-corrected chi connectivity index (χ0v) is 21.6. The Morgan fingerprint density at radius 3 is 1.03 bits per heavy atom.